The number of esters is 1. The van der Waals surface area contributed by atoms with Gasteiger partial charge in [0, 0.05) is 51.2 Å². The summed E-state index contributed by atoms with van der Waals surface area (Å²) in [6.07, 6.45) is 5.17. The number of methoxy groups -OCH3 is 1. The second-order valence-corrected chi connectivity index (χ2v) is 9.22. The number of hydrogen-bond acceptors (Lipinski definition) is 5. The number of urea groups is 2. The highest BCUT2D eigenvalue weighted by Crippen LogP contribution is 2.38. The maximum Gasteiger partial charge on any atom is 0.325 e. The number of nitrogens with one attached hydrogen (secondary N) is 2. The normalized spacial score (nSPS) is 28.6. The summed E-state index contributed by atoms with van der Waals surface area (Å²) in [5.41, 5.74) is 0. The van der Waals surface area contributed by atoms with Crippen molar-refractivity contribution in [3.63, 3.8) is 0 Å². The maximum atomic E-state index is 13.2. The lowest BCUT2D eigenvalue weighted by atomic mass is 9.76. The molecule has 0 spiro atoms. The molecule has 0 aromatic carbocycles. The minimum absolute atomic E-state index is 0.0238. The highest BCUT2D eigenvalue weighted by Gasteiger charge is 2.45. The first kappa shape index (κ1) is 21.7. The van der Waals surface area contributed by atoms with Gasteiger partial charge in [-0.05, 0) is 43.9 Å². The van der Waals surface area contributed by atoms with Crippen molar-refractivity contribution < 1.29 is 23.9 Å². The standard InChI is InChI=1S/C21H33N5O5/c1-31-19(28)10-22-20(29)23-16-5-7-24(8-6-16)21(30)25-11-14-9-15(13-25)17-3-2-4-18(27)26(17)12-14/h14-17H,2-13H2,1H3,(H2,22,23,29)/t14?,15?,17-/m1/s1. The van der Waals surface area contributed by atoms with Crippen molar-refractivity contribution >= 4 is 23.9 Å². The molecule has 31 heavy (non-hydrogen) atoms. The summed E-state index contributed by atoms with van der Waals surface area (Å²) < 4.78 is 4.50. The van der Waals surface area contributed by atoms with Gasteiger partial charge in [-0.2, -0.15) is 0 Å². The van der Waals surface area contributed by atoms with Crippen LogP contribution in [0.15, 0.2) is 0 Å². The Hall–Kier alpha value is -2.52. The predicted molar refractivity (Wildman–Crippen MR) is 111 cm³/mol. The van der Waals surface area contributed by atoms with Crippen LogP contribution in [0.1, 0.15) is 38.5 Å². The van der Waals surface area contributed by atoms with Crippen molar-refractivity contribution in [2.45, 2.75) is 50.6 Å². The molecule has 0 aromatic rings. The van der Waals surface area contributed by atoms with Crippen LogP contribution in [0, 0.1) is 11.8 Å². The van der Waals surface area contributed by atoms with Crippen LogP contribution in [0.2, 0.25) is 0 Å². The first-order valence-corrected chi connectivity index (χ1v) is 11.4. The van der Waals surface area contributed by atoms with Crippen LogP contribution in [-0.2, 0) is 14.3 Å². The zero-order valence-corrected chi connectivity index (χ0v) is 18.2. The summed E-state index contributed by atoms with van der Waals surface area (Å²) in [5, 5.41) is 5.33. The molecule has 4 saturated heterocycles. The van der Waals surface area contributed by atoms with Crippen LogP contribution in [0.5, 0.6) is 0 Å². The van der Waals surface area contributed by atoms with Gasteiger partial charge in [0.1, 0.15) is 6.54 Å². The highest BCUT2D eigenvalue weighted by atomic mass is 16.5. The van der Waals surface area contributed by atoms with E-state index in [1.54, 1.807) is 0 Å². The molecule has 2 unspecified atom stereocenters. The summed E-state index contributed by atoms with van der Waals surface area (Å²) in [7, 11) is 1.27. The first-order valence-electron chi connectivity index (χ1n) is 11.4. The molecular formula is C21H33N5O5. The summed E-state index contributed by atoms with van der Waals surface area (Å²) in [5.74, 6) is 0.552. The van der Waals surface area contributed by atoms with E-state index in [1.165, 1.54) is 7.11 Å². The Morgan fingerprint density at radius 2 is 1.84 bits per heavy atom. The fraction of sp³-hybridized carbons (Fsp3) is 0.810. The molecular weight excluding hydrogens is 402 g/mol. The zero-order valence-electron chi connectivity index (χ0n) is 18.2. The number of carbonyl (C=O) groups is 4. The van der Waals surface area contributed by atoms with Crippen LogP contribution in [0.25, 0.3) is 0 Å². The van der Waals surface area contributed by atoms with Gasteiger partial charge in [-0.25, -0.2) is 9.59 Å². The minimum atomic E-state index is -0.498. The Morgan fingerprint density at radius 3 is 2.58 bits per heavy atom. The van der Waals surface area contributed by atoms with Gasteiger partial charge < -0.3 is 30.1 Å². The Kier molecular flexibility index (Phi) is 6.52. The van der Waals surface area contributed by atoms with E-state index in [2.05, 4.69) is 20.3 Å². The van der Waals surface area contributed by atoms with E-state index in [-0.39, 0.29) is 24.5 Å². The number of ether oxygens (including phenoxy) is 1. The third kappa shape index (κ3) is 4.88. The predicted octanol–water partition coefficient (Wildman–Crippen LogP) is 0.376. The molecule has 10 heteroatoms. The summed E-state index contributed by atoms with van der Waals surface area (Å²) in [6, 6.07) is -0.0414. The van der Waals surface area contributed by atoms with Gasteiger partial charge in [0.15, 0.2) is 0 Å². The SMILES string of the molecule is COC(=O)CNC(=O)NC1CCN(C(=O)N2CC3CC(C2)[C@H]2CCCC(=O)N2C3)CC1. The molecule has 4 heterocycles. The van der Waals surface area contributed by atoms with E-state index in [4.69, 9.17) is 0 Å². The second kappa shape index (κ2) is 9.32. The molecule has 0 aliphatic carbocycles. The lowest BCUT2D eigenvalue weighted by Crippen LogP contribution is -2.62. The molecule has 0 saturated carbocycles. The van der Waals surface area contributed by atoms with Crippen LogP contribution in [0.3, 0.4) is 0 Å². The van der Waals surface area contributed by atoms with E-state index in [0.717, 1.165) is 38.9 Å². The monoisotopic (exact) mass is 435 g/mol. The minimum Gasteiger partial charge on any atom is -0.468 e. The molecule has 3 atom stereocenters. The molecule has 4 fully saturated rings. The fourth-order valence-corrected chi connectivity index (χ4v) is 5.64. The number of amides is 5. The molecule has 4 rings (SSSR count). The van der Waals surface area contributed by atoms with Gasteiger partial charge in [0.2, 0.25) is 5.91 Å². The number of piperidine rings is 4. The number of nitrogens with zero attached hydrogens (tertiary/aromatic N) is 3. The third-order valence-electron chi connectivity index (χ3n) is 7.17. The first-order chi connectivity index (χ1) is 14.9. The summed E-state index contributed by atoms with van der Waals surface area (Å²) in [4.78, 5) is 54.4. The van der Waals surface area contributed by atoms with E-state index in [9.17, 15) is 19.2 Å². The van der Waals surface area contributed by atoms with E-state index >= 15 is 0 Å². The Labute approximate surface area is 182 Å². The maximum absolute atomic E-state index is 13.2. The molecule has 2 N–H and O–H groups in total. The lowest BCUT2D eigenvalue weighted by molar-refractivity contribution is -0.144. The van der Waals surface area contributed by atoms with Gasteiger partial charge in [-0.3, -0.25) is 9.59 Å². The van der Waals surface area contributed by atoms with E-state index in [1.807, 2.05) is 9.80 Å². The van der Waals surface area contributed by atoms with E-state index < -0.39 is 12.0 Å². The molecule has 0 radical (unpaired) electrons. The fourth-order valence-electron chi connectivity index (χ4n) is 5.64. The van der Waals surface area contributed by atoms with Gasteiger partial charge in [0.05, 0.1) is 7.11 Å². The van der Waals surface area contributed by atoms with Gasteiger partial charge in [0.25, 0.3) is 0 Å². The van der Waals surface area contributed by atoms with Crippen LogP contribution in [-0.4, -0.2) is 97.1 Å². The van der Waals surface area contributed by atoms with Crippen molar-refractivity contribution in [1.29, 1.82) is 0 Å². The molecule has 4 aliphatic heterocycles. The average Bonchev–Trinajstić information content (AvgIpc) is 2.78. The van der Waals surface area contributed by atoms with Crippen LogP contribution >= 0.6 is 0 Å². The number of hydrogen-bond donors (Lipinski definition) is 2. The van der Waals surface area contributed by atoms with Crippen molar-refractivity contribution in [2.75, 3.05) is 46.4 Å². The Bertz CT molecular complexity index is 723. The number of fused-ring (bicyclic) bond motifs is 4. The Balaban J connectivity index is 1.24. The topological polar surface area (TPSA) is 111 Å². The molecule has 172 valence electrons. The van der Waals surface area contributed by atoms with Crippen LogP contribution in [0.4, 0.5) is 9.59 Å². The van der Waals surface area contributed by atoms with Gasteiger partial charge in [-0.1, -0.05) is 0 Å². The number of carbonyl (C=O) groups excluding carboxylic acids is 4. The Morgan fingerprint density at radius 1 is 1.06 bits per heavy atom. The molecule has 2 bridgehead atoms. The molecule has 4 aliphatic rings. The molecule has 5 amide bonds. The lowest BCUT2D eigenvalue weighted by Gasteiger charge is -2.53. The van der Waals surface area contributed by atoms with Gasteiger partial charge >= 0.3 is 18.0 Å². The quantitative estimate of drug-likeness (QED) is 0.623. The van der Waals surface area contributed by atoms with Crippen molar-refractivity contribution in [1.82, 2.24) is 25.3 Å². The number of likely N-dealkylation sites (tertiary alicyclic amines) is 2. The van der Waals surface area contributed by atoms with Crippen LogP contribution < -0.4 is 10.6 Å². The van der Waals surface area contributed by atoms with Crippen molar-refractivity contribution in [3.05, 3.63) is 0 Å². The zero-order chi connectivity index (χ0) is 22.0. The summed E-state index contributed by atoms with van der Waals surface area (Å²) in [6.45, 7) is 3.27. The second-order valence-electron chi connectivity index (χ2n) is 9.22. The number of rotatable bonds is 3. The largest absolute Gasteiger partial charge is 0.468 e. The average molecular weight is 436 g/mol. The third-order valence-corrected chi connectivity index (χ3v) is 7.17. The van der Waals surface area contributed by atoms with Gasteiger partial charge in [-0.15, -0.1) is 0 Å². The summed E-state index contributed by atoms with van der Waals surface area (Å²) >= 11 is 0. The van der Waals surface area contributed by atoms with Crippen molar-refractivity contribution in [3.8, 4) is 0 Å². The highest BCUT2D eigenvalue weighted by molar-refractivity contribution is 5.81. The molecule has 10 nitrogen and oxygen atoms in total. The molecule has 0 aromatic heterocycles. The van der Waals surface area contributed by atoms with Crippen molar-refractivity contribution in [2.24, 2.45) is 11.8 Å². The van der Waals surface area contributed by atoms with E-state index in [0.29, 0.717) is 50.2 Å². The smallest absolute Gasteiger partial charge is 0.325 e.